The number of rotatable bonds is 14. The molecule has 5 heteroatoms. The van der Waals surface area contributed by atoms with Crippen molar-refractivity contribution in [3.05, 3.63) is 29.8 Å². The van der Waals surface area contributed by atoms with Gasteiger partial charge in [-0.3, -0.25) is 9.69 Å². The van der Waals surface area contributed by atoms with E-state index in [2.05, 4.69) is 59.9 Å². The van der Waals surface area contributed by atoms with E-state index in [1.54, 1.807) is 0 Å². The van der Waals surface area contributed by atoms with Crippen LogP contribution in [0.1, 0.15) is 70.8 Å². The third kappa shape index (κ3) is 10.4. The Labute approximate surface area is 195 Å². The number of carbonyl (C=O) groups is 1. The normalized spacial score (nSPS) is 15.2. The molecule has 4 nitrogen and oxygen atoms in total. The molecule has 0 bridgehead atoms. The summed E-state index contributed by atoms with van der Waals surface area (Å²) in [7, 11) is 2.24. The maximum atomic E-state index is 11.3. The Morgan fingerprint density at radius 1 is 0.935 bits per heavy atom. The zero-order chi connectivity index (χ0) is 22.5. The first kappa shape index (κ1) is 26.2. The van der Waals surface area contributed by atoms with Crippen molar-refractivity contribution >= 4 is 22.6 Å². The van der Waals surface area contributed by atoms with Crippen LogP contribution in [0, 0.1) is 0 Å². The van der Waals surface area contributed by atoms with E-state index >= 15 is 0 Å². The van der Waals surface area contributed by atoms with Crippen LogP contribution in [0.15, 0.2) is 24.3 Å². The van der Waals surface area contributed by atoms with Crippen molar-refractivity contribution in [2.24, 2.45) is 0 Å². The van der Waals surface area contributed by atoms with Crippen molar-refractivity contribution in [2.45, 2.75) is 77.8 Å². The topological polar surface area (TPSA) is 26.8 Å². The number of nitrogens with zero attached hydrogens (tertiary/aromatic N) is 3. The fraction of sp³-hybridized carbons (Fsp3) is 0.731. The molecule has 31 heavy (non-hydrogen) atoms. The largest absolute Gasteiger partial charge is 0.369 e. The molecule has 0 aromatic heterocycles. The Morgan fingerprint density at radius 3 is 2.10 bits per heavy atom. The van der Waals surface area contributed by atoms with Crippen LogP contribution in [-0.4, -0.2) is 67.0 Å². The standard InChI is InChI=1S/C26H45N3OS/c1-23(2)28-18-20-29(21-19-28)25-15-13-24(14-16-25)22-27(3)17-11-9-7-5-6-8-10-12-26(30)31-4/h13-16,23H,5-12,17-22H2,1-4H3. The monoisotopic (exact) mass is 447 g/mol. The lowest BCUT2D eigenvalue weighted by Gasteiger charge is -2.38. The zero-order valence-electron chi connectivity index (χ0n) is 20.4. The summed E-state index contributed by atoms with van der Waals surface area (Å²) >= 11 is 1.36. The van der Waals surface area contributed by atoms with E-state index in [4.69, 9.17) is 0 Å². The maximum Gasteiger partial charge on any atom is 0.188 e. The van der Waals surface area contributed by atoms with Gasteiger partial charge in [0.15, 0.2) is 5.12 Å². The molecule has 1 aromatic carbocycles. The van der Waals surface area contributed by atoms with Crippen LogP contribution < -0.4 is 4.90 Å². The highest BCUT2D eigenvalue weighted by Crippen LogP contribution is 2.19. The predicted molar refractivity (Wildman–Crippen MR) is 137 cm³/mol. The predicted octanol–water partition coefficient (Wildman–Crippen LogP) is 5.66. The Bertz CT molecular complexity index is 612. The third-order valence-corrected chi connectivity index (χ3v) is 7.11. The van der Waals surface area contributed by atoms with E-state index < -0.39 is 0 Å². The number of hydrogen-bond donors (Lipinski definition) is 0. The number of carbonyl (C=O) groups excluding carboxylic acids is 1. The molecule has 2 rings (SSSR count). The molecule has 1 aliphatic rings. The van der Waals surface area contributed by atoms with Gasteiger partial charge in [0.25, 0.3) is 0 Å². The van der Waals surface area contributed by atoms with Gasteiger partial charge in [0.1, 0.15) is 0 Å². The van der Waals surface area contributed by atoms with Crippen LogP contribution >= 0.6 is 11.8 Å². The highest BCUT2D eigenvalue weighted by molar-refractivity contribution is 8.13. The number of unbranched alkanes of at least 4 members (excludes halogenated alkanes) is 6. The fourth-order valence-electron chi connectivity index (χ4n) is 4.34. The van der Waals surface area contributed by atoms with Crippen LogP contribution in [0.5, 0.6) is 0 Å². The van der Waals surface area contributed by atoms with E-state index in [-0.39, 0.29) is 0 Å². The second-order valence-corrected chi connectivity index (χ2v) is 10.2. The van der Waals surface area contributed by atoms with Crippen molar-refractivity contribution in [1.29, 1.82) is 0 Å². The molecule has 0 atom stereocenters. The molecule has 1 heterocycles. The molecule has 0 aliphatic carbocycles. The van der Waals surface area contributed by atoms with Gasteiger partial charge in [-0.1, -0.05) is 56.0 Å². The quantitative estimate of drug-likeness (QED) is 0.343. The van der Waals surface area contributed by atoms with Crippen molar-refractivity contribution in [3.63, 3.8) is 0 Å². The van der Waals surface area contributed by atoms with Crippen LogP contribution in [0.4, 0.5) is 5.69 Å². The van der Waals surface area contributed by atoms with Gasteiger partial charge < -0.3 is 9.80 Å². The Balaban J connectivity index is 1.54. The summed E-state index contributed by atoms with van der Waals surface area (Å²) in [5.41, 5.74) is 2.78. The highest BCUT2D eigenvalue weighted by Gasteiger charge is 2.18. The van der Waals surface area contributed by atoms with Gasteiger partial charge in [0, 0.05) is 50.9 Å². The van der Waals surface area contributed by atoms with Crippen LogP contribution in [0.25, 0.3) is 0 Å². The molecule has 0 unspecified atom stereocenters. The lowest BCUT2D eigenvalue weighted by Crippen LogP contribution is -2.48. The maximum absolute atomic E-state index is 11.3. The first-order valence-electron chi connectivity index (χ1n) is 12.3. The summed E-state index contributed by atoms with van der Waals surface area (Å²) in [6, 6.07) is 9.88. The van der Waals surface area contributed by atoms with Crippen molar-refractivity contribution in [1.82, 2.24) is 9.80 Å². The molecule has 0 saturated carbocycles. The van der Waals surface area contributed by atoms with Gasteiger partial charge in [-0.05, 0) is 64.2 Å². The molecule has 1 aliphatic heterocycles. The third-order valence-electron chi connectivity index (χ3n) is 6.45. The molecule has 1 saturated heterocycles. The lowest BCUT2D eigenvalue weighted by atomic mass is 10.1. The summed E-state index contributed by atoms with van der Waals surface area (Å²) in [5, 5.41) is 0.335. The molecule has 0 radical (unpaired) electrons. The summed E-state index contributed by atoms with van der Waals surface area (Å²) in [6.45, 7) is 11.4. The lowest BCUT2D eigenvalue weighted by molar-refractivity contribution is -0.111. The molecular formula is C26H45N3OS. The molecule has 0 N–H and O–H groups in total. The van der Waals surface area contributed by atoms with Gasteiger partial charge in [-0.2, -0.15) is 0 Å². The number of anilines is 1. The average Bonchev–Trinajstić information content (AvgIpc) is 2.78. The Morgan fingerprint density at radius 2 is 1.52 bits per heavy atom. The molecule has 1 aromatic rings. The van der Waals surface area contributed by atoms with Gasteiger partial charge in [-0.25, -0.2) is 0 Å². The Kier molecular flexibility index (Phi) is 12.6. The summed E-state index contributed by atoms with van der Waals surface area (Å²) < 4.78 is 0. The van der Waals surface area contributed by atoms with E-state index in [0.29, 0.717) is 11.2 Å². The second kappa shape index (κ2) is 14.9. The zero-order valence-corrected chi connectivity index (χ0v) is 21.3. The number of benzene rings is 1. The van der Waals surface area contributed by atoms with Crippen molar-refractivity contribution in [3.8, 4) is 0 Å². The first-order chi connectivity index (χ1) is 15.0. The van der Waals surface area contributed by atoms with Gasteiger partial charge in [0.2, 0.25) is 0 Å². The van der Waals surface area contributed by atoms with E-state index in [0.717, 1.165) is 32.5 Å². The highest BCUT2D eigenvalue weighted by atomic mass is 32.2. The minimum atomic E-state index is 0.335. The fourth-order valence-corrected chi connectivity index (χ4v) is 4.68. The van der Waals surface area contributed by atoms with E-state index in [9.17, 15) is 4.79 Å². The van der Waals surface area contributed by atoms with Gasteiger partial charge in [-0.15, -0.1) is 0 Å². The SMILES string of the molecule is CSC(=O)CCCCCCCCCN(C)Cc1ccc(N2CCN(C(C)C)CC2)cc1. The smallest absolute Gasteiger partial charge is 0.188 e. The van der Waals surface area contributed by atoms with Crippen LogP contribution in [0.3, 0.4) is 0 Å². The van der Waals surface area contributed by atoms with Crippen molar-refractivity contribution < 1.29 is 4.79 Å². The molecule has 176 valence electrons. The molecule has 0 spiro atoms. The second-order valence-electron chi connectivity index (χ2n) is 9.32. The Hall–Kier alpha value is -1.04. The van der Waals surface area contributed by atoms with Crippen LogP contribution in [0.2, 0.25) is 0 Å². The molecule has 0 amide bonds. The van der Waals surface area contributed by atoms with E-state index in [1.807, 2.05) is 6.26 Å². The summed E-state index contributed by atoms with van der Waals surface area (Å²) in [6.07, 6.45) is 11.4. The van der Waals surface area contributed by atoms with Crippen molar-refractivity contribution in [2.75, 3.05) is 50.9 Å². The minimum Gasteiger partial charge on any atom is -0.369 e. The summed E-state index contributed by atoms with van der Waals surface area (Å²) in [5.74, 6) is 0. The minimum absolute atomic E-state index is 0.335. The van der Waals surface area contributed by atoms with E-state index in [1.165, 1.54) is 81.2 Å². The molecular weight excluding hydrogens is 402 g/mol. The number of hydrogen-bond acceptors (Lipinski definition) is 5. The summed E-state index contributed by atoms with van der Waals surface area (Å²) in [4.78, 5) is 18.8. The van der Waals surface area contributed by atoms with Crippen LogP contribution in [-0.2, 0) is 11.3 Å². The molecule has 1 fully saturated rings. The number of piperazine rings is 1. The average molecular weight is 448 g/mol. The first-order valence-corrected chi connectivity index (χ1v) is 13.6. The van der Waals surface area contributed by atoms with Gasteiger partial charge >= 0.3 is 0 Å². The number of thioether (sulfide) groups is 1. The van der Waals surface area contributed by atoms with Gasteiger partial charge in [0.05, 0.1) is 0 Å².